The Kier molecular flexibility index (Phi) is 6.90. The Morgan fingerprint density at radius 1 is 1.05 bits per heavy atom. The summed E-state index contributed by atoms with van der Waals surface area (Å²) in [5, 5.41) is 3.41. The zero-order valence-corrected chi connectivity index (χ0v) is 12.8. The lowest BCUT2D eigenvalue weighted by atomic mass is 9.91. The van der Waals surface area contributed by atoms with Crippen LogP contribution in [0.5, 0.6) is 0 Å². The van der Waals surface area contributed by atoms with Crippen molar-refractivity contribution in [3.8, 4) is 0 Å². The molecule has 0 unspecified atom stereocenters. The maximum atomic E-state index is 4.64. The van der Waals surface area contributed by atoms with Crippen LogP contribution in [0.4, 0.5) is 5.82 Å². The first-order chi connectivity index (χ1) is 8.43. The van der Waals surface area contributed by atoms with Crippen LogP contribution in [-0.2, 0) is 0 Å². The molecule has 5 heteroatoms. The van der Waals surface area contributed by atoms with Crippen molar-refractivity contribution in [1.82, 2.24) is 10.3 Å². The Hall–Kier alpha value is -0.510. The zero-order chi connectivity index (χ0) is 11.5. The molecule has 2 aliphatic rings. The van der Waals surface area contributed by atoms with Gasteiger partial charge >= 0.3 is 0 Å². The molecule has 0 amide bonds. The van der Waals surface area contributed by atoms with Gasteiger partial charge in [-0.25, -0.2) is 4.98 Å². The molecule has 2 saturated heterocycles. The van der Waals surface area contributed by atoms with Crippen molar-refractivity contribution in [2.75, 3.05) is 31.1 Å². The minimum atomic E-state index is 0. The van der Waals surface area contributed by atoms with E-state index in [0.717, 1.165) is 19.0 Å². The fourth-order valence-electron chi connectivity index (χ4n) is 2.93. The fraction of sp³-hybridized carbons (Fsp3) is 0.643. The summed E-state index contributed by atoms with van der Waals surface area (Å²) in [4.78, 5) is 7.04. The minimum Gasteiger partial charge on any atom is -0.357 e. The number of hydrogen-bond donors (Lipinski definition) is 1. The van der Waals surface area contributed by atoms with Crippen LogP contribution >= 0.6 is 24.8 Å². The standard InChI is InChI=1S/C14H21N3.2ClH/c1-2-10-17(9-1)14-4-3-13(11-16-14)12-5-7-15-8-6-12;;/h3-4,11-12,15H,1-2,5-10H2;2*1H. The van der Waals surface area contributed by atoms with E-state index in [1.165, 1.54) is 50.2 Å². The maximum absolute atomic E-state index is 4.64. The molecule has 0 aliphatic carbocycles. The van der Waals surface area contributed by atoms with Crippen molar-refractivity contribution in [1.29, 1.82) is 0 Å². The number of piperidine rings is 1. The molecule has 0 atom stereocenters. The van der Waals surface area contributed by atoms with Crippen molar-refractivity contribution >= 4 is 30.6 Å². The molecular weight excluding hydrogens is 281 g/mol. The molecule has 2 fully saturated rings. The van der Waals surface area contributed by atoms with Crippen molar-refractivity contribution in [2.45, 2.75) is 31.6 Å². The van der Waals surface area contributed by atoms with Crippen LogP contribution in [-0.4, -0.2) is 31.2 Å². The largest absolute Gasteiger partial charge is 0.357 e. The van der Waals surface area contributed by atoms with Gasteiger partial charge in [0.25, 0.3) is 0 Å². The average Bonchev–Trinajstić information content (AvgIpc) is 2.94. The first kappa shape index (κ1) is 16.5. The van der Waals surface area contributed by atoms with E-state index >= 15 is 0 Å². The summed E-state index contributed by atoms with van der Waals surface area (Å²) in [7, 11) is 0. The molecule has 1 aromatic heterocycles. The van der Waals surface area contributed by atoms with Gasteiger partial charge in [0, 0.05) is 19.3 Å². The summed E-state index contributed by atoms with van der Waals surface area (Å²) in [5.74, 6) is 1.89. The predicted molar refractivity (Wildman–Crippen MR) is 85.0 cm³/mol. The number of hydrogen-bond acceptors (Lipinski definition) is 3. The van der Waals surface area contributed by atoms with Crippen LogP contribution in [0.25, 0.3) is 0 Å². The maximum Gasteiger partial charge on any atom is 0.128 e. The second-order valence-electron chi connectivity index (χ2n) is 5.17. The topological polar surface area (TPSA) is 28.2 Å². The van der Waals surface area contributed by atoms with E-state index in [1.807, 2.05) is 0 Å². The Morgan fingerprint density at radius 2 is 1.74 bits per heavy atom. The number of rotatable bonds is 2. The molecule has 19 heavy (non-hydrogen) atoms. The first-order valence-electron chi connectivity index (χ1n) is 6.85. The molecule has 3 nitrogen and oxygen atoms in total. The first-order valence-corrected chi connectivity index (χ1v) is 6.85. The van der Waals surface area contributed by atoms with Gasteiger partial charge in [-0.2, -0.15) is 0 Å². The summed E-state index contributed by atoms with van der Waals surface area (Å²) in [6.07, 6.45) is 7.24. The molecule has 3 rings (SSSR count). The van der Waals surface area contributed by atoms with E-state index in [9.17, 15) is 0 Å². The second-order valence-corrected chi connectivity index (χ2v) is 5.17. The highest BCUT2D eigenvalue weighted by atomic mass is 35.5. The van der Waals surface area contributed by atoms with Crippen LogP contribution in [0.1, 0.15) is 37.2 Å². The van der Waals surface area contributed by atoms with Crippen molar-refractivity contribution in [2.24, 2.45) is 0 Å². The highest BCUT2D eigenvalue weighted by Gasteiger charge is 2.17. The SMILES string of the molecule is Cl.Cl.c1cc(N2CCCC2)ncc1C1CCNCC1. The molecule has 1 N–H and O–H groups in total. The number of aromatic nitrogens is 1. The molecule has 0 aromatic carbocycles. The summed E-state index contributed by atoms with van der Waals surface area (Å²) in [6, 6.07) is 4.50. The highest BCUT2D eigenvalue weighted by Crippen LogP contribution is 2.26. The Morgan fingerprint density at radius 3 is 2.32 bits per heavy atom. The third-order valence-electron chi connectivity index (χ3n) is 4.01. The summed E-state index contributed by atoms with van der Waals surface area (Å²) >= 11 is 0. The third kappa shape index (κ3) is 3.98. The van der Waals surface area contributed by atoms with Crippen LogP contribution in [0.3, 0.4) is 0 Å². The Labute approximate surface area is 128 Å². The van der Waals surface area contributed by atoms with Gasteiger partial charge in [0.1, 0.15) is 5.82 Å². The molecule has 3 heterocycles. The van der Waals surface area contributed by atoms with Gasteiger partial charge in [-0.15, -0.1) is 24.8 Å². The Balaban J connectivity index is 0.000000902. The van der Waals surface area contributed by atoms with E-state index in [1.54, 1.807) is 0 Å². The molecule has 0 radical (unpaired) electrons. The van der Waals surface area contributed by atoms with E-state index in [4.69, 9.17) is 0 Å². The third-order valence-corrected chi connectivity index (χ3v) is 4.01. The zero-order valence-electron chi connectivity index (χ0n) is 11.2. The number of pyridine rings is 1. The van der Waals surface area contributed by atoms with Gasteiger partial charge in [-0.3, -0.25) is 0 Å². The van der Waals surface area contributed by atoms with Crippen LogP contribution in [0, 0.1) is 0 Å². The minimum absolute atomic E-state index is 0. The quantitative estimate of drug-likeness (QED) is 0.910. The van der Waals surface area contributed by atoms with Gasteiger partial charge < -0.3 is 10.2 Å². The molecule has 2 aliphatic heterocycles. The molecule has 1 aromatic rings. The van der Waals surface area contributed by atoms with Crippen LogP contribution in [0.15, 0.2) is 18.3 Å². The smallest absolute Gasteiger partial charge is 0.128 e. The van der Waals surface area contributed by atoms with E-state index in [0.29, 0.717) is 0 Å². The molecule has 0 bridgehead atoms. The van der Waals surface area contributed by atoms with Gasteiger partial charge in [0.15, 0.2) is 0 Å². The lowest BCUT2D eigenvalue weighted by molar-refractivity contribution is 0.459. The number of anilines is 1. The molecule has 0 saturated carbocycles. The van der Waals surface area contributed by atoms with E-state index in [-0.39, 0.29) is 24.8 Å². The summed E-state index contributed by atoms with van der Waals surface area (Å²) < 4.78 is 0. The van der Waals surface area contributed by atoms with Crippen molar-refractivity contribution < 1.29 is 0 Å². The van der Waals surface area contributed by atoms with E-state index < -0.39 is 0 Å². The number of halogens is 2. The lowest BCUT2D eigenvalue weighted by Gasteiger charge is -2.23. The average molecular weight is 304 g/mol. The summed E-state index contributed by atoms with van der Waals surface area (Å²) in [5.41, 5.74) is 1.43. The van der Waals surface area contributed by atoms with Crippen LogP contribution in [0.2, 0.25) is 0 Å². The summed E-state index contributed by atoms with van der Waals surface area (Å²) in [6.45, 7) is 4.66. The predicted octanol–water partition coefficient (Wildman–Crippen LogP) is 2.99. The van der Waals surface area contributed by atoms with E-state index in [2.05, 4.69) is 33.5 Å². The monoisotopic (exact) mass is 303 g/mol. The highest BCUT2D eigenvalue weighted by molar-refractivity contribution is 5.85. The van der Waals surface area contributed by atoms with Crippen LogP contribution < -0.4 is 10.2 Å². The molecular formula is C14H23Cl2N3. The number of nitrogens with one attached hydrogen (secondary N) is 1. The van der Waals surface area contributed by atoms with Gasteiger partial charge in [-0.1, -0.05) is 6.07 Å². The normalized spacial score (nSPS) is 19.7. The van der Waals surface area contributed by atoms with Crippen molar-refractivity contribution in [3.05, 3.63) is 23.9 Å². The fourth-order valence-corrected chi connectivity index (χ4v) is 2.93. The second kappa shape index (κ2) is 7.93. The number of nitrogens with zero attached hydrogens (tertiary/aromatic N) is 2. The van der Waals surface area contributed by atoms with Gasteiger partial charge in [-0.05, 0) is 56.3 Å². The Bertz CT molecular complexity index is 357. The lowest BCUT2D eigenvalue weighted by Crippen LogP contribution is -2.26. The van der Waals surface area contributed by atoms with Crippen molar-refractivity contribution in [3.63, 3.8) is 0 Å². The van der Waals surface area contributed by atoms with Gasteiger partial charge in [0.2, 0.25) is 0 Å². The molecule has 108 valence electrons. The van der Waals surface area contributed by atoms with Gasteiger partial charge in [0.05, 0.1) is 0 Å². The molecule has 0 spiro atoms.